The molecule has 4 nitrogen and oxygen atoms in total. The molecule has 4 aromatic rings. The fourth-order valence-corrected chi connectivity index (χ4v) is 3.94. The molecule has 0 unspecified atom stereocenters. The lowest BCUT2D eigenvalue weighted by Crippen LogP contribution is -2.06. The molecule has 0 atom stereocenters. The summed E-state index contributed by atoms with van der Waals surface area (Å²) in [4.78, 5) is 16.2. The van der Waals surface area contributed by atoms with E-state index in [1.807, 2.05) is 67.6 Å². The molecular weight excluding hydrogens is 443 g/mol. The summed E-state index contributed by atoms with van der Waals surface area (Å²) in [7, 11) is 0. The quantitative estimate of drug-likeness (QED) is 0.310. The maximum Gasteiger partial charge on any atom is 0.303 e. The van der Waals surface area contributed by atoms with Crippen LogP contribution in [0.15, 0.2) is 72.8 Å². The highest BCUT2D eigenvalue weighted by atomic mass is 35.5. The molecule has 6 heteroatoms. The molecule has 0 spiro atoms. The molecule has 1 aromatic heterocycles. The zero-order valence-corrected chi connectivity index (χ0v) is 19.1. The number of carboxylic acid groups (broad SMARTS) is 1. The molecule has 0 aliphatic carbocycles. The van der Waals surface area contributed by atoms with Crippen LogP contribution in [0.2, 0.25) is 10.0 Å². The number of aliphatic carboxylic acids is 1. The van der Waals surface area contributed by atoms with Gasteiger partial charge in [0.25, 0.3) is 0 Å². The van der Waals surface area contributed by atoms with Gasteiger partial charge in [0.1, 0.15) is 5.82 Å². The van der Waals surface area contributed by atoms with Gasteiger partial charge in [0.05, 0.1) is 11.4 Å². The molecule has 32 heavy (non-hydrogen) atoms. The van der Waals surface area contributed by atoms with Crippen LogP contribution in [0.4, 0.5) is 0 Å². The van der Waals surface area contributed by atoms with E-state index in [0.29, 0.717) is 23.0 Å². The number of benzene rings is 3. The number of imidazole rings is 1. The highest BCUT2D eigenvalue weighted by Crippen LogP contribution is 2.37. The molecule has 4 rings (SSSR count). The van der Waals surface area contributed by atoms with Crippen molar-refractivity contribution in [2.75, 3.05) is 0 Å². The van der Waals surface area contributed by atoms with E-state index in [0.717, 1.165) is 39.5 Å². The van der Waals surface area contributed by atoms with Crippen molar-refractivity contribution in [2.45, 2.75) is 26.3 Å². The van der Waals surface area contributed by atoms with E-state index in [1.165, 1.54) is 0 Å². The Bertz CT molecular complexity index is 1230. The zero-order valence-electron chi connectivity index (χ0n) is 17.6. The molecule has 0 saturated carbocycles. The fraction of sp³-hybridized carbons (Fsp3) is 0.154. The van der Waals surface area contributed by atoms with Crippen LogP contribution in [0.1, 0.15) is 18.4 Å². The number of carbonyl (C=O) groups is 1. The topological polar surface area (TPSA) is 55.1 Å². The van der Waals surface area contributed by atoms with Crippen molar-refractivity contribution in [1.29, 1.82) is 0 Å². The standard InChI is InChI=1S/C26H22Cl2N2O2/c1-17-4-6-20(7-5-17)26-29-24(18-8-12-21(27)13-9-18)25(19-10-14-22(28)15-11-19)30(26)16-2-3-23(31)32/h4-15H,2-3,16H2,1H3,(H,31,32). The Labute approximate surface area is 197 Å². The second-order valence-electron chi connectivity index (χ2n) is 7.66. The Morgan fingerprint density at radius 1 is 0.844 bits per heavy atom. The Hall–Kier alpha value is -3.08. The summed E-state index contributed by atoms with van der Waals surface area (Å²) in [5.74, 6) is -0.0155. The van der Waals surface area contributed by atoms with Gasteiger partial charge < -0.3 is 9.67 Å². The number of nitrogens with zero attached hydrogens (tertiary/aromatic N) is 2. The minimum Gasteiger partial charge on any atom is -0.481 e. The summed E-state index contributed by atoms with van der Waals surface area (Å²) in [5.41, 5.74) is 5.76. The fourth-order valence-electron chi connectivity index (χ4n) is 3.69. The smallest absolute Gasteiger partial charge is 0.303 e. The zero-order chi connectivity index (χ0) is 22.7. The van der Waals surface area contributed by atoms with Gasteiger partial charge in [-0.05, 0) is 37.6 Å². The predicted octanol–water partition coefficient (Wildman–Crippen LogP) is 7.36. The van der Waals surface area contributed by atoms with E-state index >= 15 is 0 Å². The number of aromatic nitrogens is 2. The minimum atomic E-state index is -0.812. The Morgan fingerprint density at radius 2 is 1.38 bits per heavy atom. The third kappa shape index (κ3) is 4.87. The molecule has 0 aliphatic rings. The van der Waals surface area contributed by atoms with Gasteiger partial charge >= 0.3 is 5.97 Å². The lowest BCUT2D eigenvalue weighted by molar-refractivity contribution is -0.137. The highest BCUT2D eigenvalue weighted by molar-refractivity contribution is 6.31. The maximum absolute atomic E-state index is 11.2. The van der Waals surface area contributed by atoms with E-state index in [9.17, 15) is 9.90 Å². The van der Waals surface area contributed by atoms with Gasteiger partial charge in [-0.1, -0.05) is 77.3 Å². The predicted molar refractivity (Wildman–Crippen MR) is 130 cm³/mol. The van der Waals surface area contributed by atoms with Gasteiger partial charge in [0.15, 0.2) is 0 Å². The summed E-state index contributed by atoms with van der Waals surface area (Å²) >= 11 is 12.3. The SMILES string of the molecule is Cc1ccc(-c2nc(-c3ccc(Cl)cc3)c(-c3ccc(Cl)cc3)n2CCCC(=O)O)cc1. The van der Waals surface area contributed by atoms with Crippen LogP contribution in [0.25, 0.3) is 33.9 Å². The van der Waals surface area contributed by atoms with E-state index in [1.54, 1.807) is 0 Å². The lowest BCUT2D eigenvalue weighted by atomic mass is 10.0. The summed E-state index contributed by atoms with van der Waals surface area (Å²) in [6.07, 6.45) is 0.576. The summed E-state index contributed by atoms with van der Waals surface area (Å²) in [6, 6.07) is 23.4. The third-order valence-corrected chi connectivity index (χ3v) is 5.79. The monoisotopic (exact) mass is 464 g/mol. The number of halogens is 2. The summed E-state index contributed by atoms with van der Waals surface area (Å²) in [6.45, 7) is 2.56. The van der Waals surface area contributed by atoms with Crippen LogP contribution in [0.3, 0.4) is 0 Å². The van der Waals surface area contributed by atoms with Crippen LogP contribution in [-0.2, 0) is 11.3 Å². The molecule has 0 aliphatic heterocycles. The van der Waals surface area contributed by atoms with Crippen molar-refractivity contribution >= 4 is 29.2 Å². The van der Waals surface area contributed by atoms with E-state index in [4.69, 9.17) is 28.2 Å². The van der Waals surface area contributed by atoms with Gasteiger partial charge in [0.2, 0.25) is 0 Å². The molecule has 1 heterocycles. The van der Waals surface area contributed by atoms with Gasteiger partial charge in [-0.15, -0.1) is 0 Å². The third-order valence-electron chi connectivity index (χ3n) is 5.29. The van der Waals surface area contributed by atoms with Crippen LogP contribution in [-0.4, -0.2) is 20.6 Å². The lowest BCUT2D eigenvalue weighted by Gasteiger charge is -2.13. The number of hydrogen-bond acceptors (Lipinski definition) is 2. The summed E-state index contributed by atoms with van der Waals surface area (Å²) < 4.78 is 2.11. The molecular formula is C26H22Cl2N2O2. The van der Waals surface area contributed by atoms with E-state index < -0.39 is 5.97 Å². The number of hydrogen-bond donors (Lipinski definition) is 1. The maximum atomic E-state index is 11.2. The number of rotatable bonds is 7. The van der Waals surface area contributed by atoms with Crippen LogP contribution in [0, 0.1) is 6.92 Å². The minimum absolute atomic E-state index is 0.0852. The number of aryl methyl sites for hydroxylation is 1. The second kappa shape index (κ2) is 9.60. The normalized spacial score (nSPS) is 11.0. The van der Waals surface area contributed by atoms with Crippen molar-refractivity contribution in [3.8, 4) is 33.9 Å². The average Bonchev–Trinajstić information content (AvgIpc) is 3.14. The molecule has 0 bridgehead atoms. The number of carboxylic acids is 1. The van der Waals surface area contributed by atoms with Gasteiger partial charge in [0, 0.05) is 39.7 Å². The molecule has 0 radical (unpaired) electrons. The Morgan fingerprint density at radius 3 is 1.94 bits per heavy atom. The van der Waals surface area contributed by atoms with Crippen molar-refractivity contribution in [3.63, 3.8) is 0 Å². The molecule has 0 fully saturated rings. The van der Waals surface area contributed by atoms with Crippen LogP contribution in [0.5, 0.6) is 0 Å². The highest BCUT2D eigenvalue weighted by Gasteiger charge is 2.21. The first kappa shape index (κ1) is 22.1. The summed E-state index contributed by atoms with van der Waals surface area (Å²) in [5, 5.41) is 10.5. The van der Waals surface area contributed by atoms with Gasteiger partial charge in [-0.3, -0.25) is 4.79 Å². The first-order chi connectivity index (χ1) is 15.4. The van der Waals surface area contributed by atoms with E-state index in [-0.39, 0.29) is 6.42 Å². The van der Waals surface area contributed by atoms with E-state index in [2.05, 4.69) is 16.7 Å². The first-order valence-corrected chi connectivity index (χ1v) is 11.1. The van der Waals surface area contributed by atoms with Gasteiger partial charge in [-0.2, -0.15) is 0 Å². The second-order valence-corrected chi connectivity index (χ2v) is 8.53. The largest absolute Gasteiger partial charge is 0.481 e. The molecule has 162 valence electrons. The Balaban J connectivity index is 1.95. The average molecular weight is 465 g/mol. The Kier molecular flexibility index (Phi) is 6.63. The molecule has 1 N–H and O–H groups in total. The van der Waals surface area contributed by atoms with Crippen molar-refractivity contribution in [2.24, 2.45) is 0 Å². The van der Waals surface area contributed by atoms with Crippen molar-refractivity contribution in [3.05, 3.63) is 88.4 Å². The molecule has 0 amide bonds. The first-order valence-electron chi connectivity index (χ1n) is 10.3. The van der Waals surface area contributed by atoms with Crippen LogP contribution >= 0.6 is 23.2 Å². The molecule has 3 aromatic carbocycles. The molecule has 0 saturated heterocycles. The van der Waals surface area contributed by atoms with Gasteiger partial charge in [-0.25, -0.2) is 4.98 Å². The van der Waals surface area contributed by atoms with Crippen LogP contribution < -0.4 is 0 Å². The van der Waals surface area contributed by atoms with Crippen molar-refractivity contribution < 1.29 is 9.90 Å². The van der Waals surface area contributed by atoms with Crippen molar-refractivity contribution in [1.82, 2.24) is 9.55 Å².